The molecule has 0 spiro atoms. The third kappa shape index (κ3) is 14.4. The fraction of sp³-hybridized carbons (Fsp3) is 0.905. The standard InChI is InChI=1S/C21H42/c1-5-7-9-10-11-12-13-14-15-17-19-21(4)20(3)18-16-8-6-2/h5,20-21H,1,6-19H2,2-4H3. The van der Waals surface area contributed by atoms with E-state index in [-0.39, 0.29) is 0 Å². The molecule has 0 aromatic carbocycles. The first-order valence-electron chi connectivity index (χ1n) is 9.83. The lowest BCUT2D eigenvalue weighted by Gasteiger charge is -2.19. The molecular weight excluding hydrogens is 252 g/mol. The molecule has 0 aromatic rings. The van der Waals surface area contributed by atoms with Crippen molar-refractivity contribution in [1.29, 1.82) is 0 Å². The lowest BCUT2D eigenvalue weighted by atomic mass is 9.87. The molecule has 0 heterocycles. The molecule has 0 rings (SSSR count). The molecule has 0 nitrogen and oxygen atoms in total. The van der Waals surface area contributed by atoms with Crippen molar-refractivity contribution in [2.45, 2.75) is 111 Å². The van der Waals surface area contributed by atoms with Crippen LogP contribution in [0.1, 0.15) is 111 Å². The lowest BCUT2D eigenvalue weighted by Crippen LogP contribution is -2.08. The zero-order valence-electron chi connectivity index (χ0n) is 15.3. The van der Waals surface area contributed by atoms with Gasteiger partial charge in [0.15, 0.2) is 0 Å². The molecule has 0 aliphatic carbocycles. The maximum atomic E-state index is 3.78. The van der Waals surface area contributed by atoms with Crippen LogP contribution >= 0.6 is 0 Å². The number of unbranched alkanes of at least 4 members (excludes halogenated alkanes) is 10. The third-order valence-corrected chi connectivity index (χ3v) is 5.05. The molecule has 0 fully saturated rings. The maximum absolute atomic E-state index is 3.78. The van der Waals surface area contributed by atoms with Crippen LogP contribution in [0, 0.1) is 11.8 Å². The highest BCUT2D eigenvalue weighted by Crippen LogP contribution is 2.23. The molecule has 21 heavy (non-hydrogen) atoms. The first kappa shape index (κ1) is 20.7. The van der Waals surface area contributed by atoms with Crippen LogP contribution in [-0.4, -0.2) is 0 Å². The molecule has 0 saturated heterocycles. The summed E-state index contributed by atoms with van der Waals surface area (Å²) in [5.74, 6) is 1.86. The Balaban J connectivity index is 3.27. The molecule has 0 saturated carbocycles. The van der Waals surface area contributed by atoms with Gasteiger partial charge in [0.05, 0.1) is 0 Å². The van der Waals surface area contributed by atoms with E-state index in [1.54, 1.807) is 0 Å². The Labute approximate surface area is 135 Å². The Morgan fingerprint density at radius 2 is 1.10 bits per heavy atom. The largest absolute Gasteiger partial charge is 0.103 e. The van der Waals surface area contributed by atoms with E-state index in [1.807, 2.05) is 6.08 Å². The molecule has 0 aliphatic heterocycles. The molecule has 0 heteroatoms. The highest BCUT2D eigenvalue weighted by Gasteiger charge is 2.11. The molecule has 0 aromatic heterocycles. The summed E-state index contributed by atoms with van der Waals surface area (Å²) in [5.41, 5.74) is 0. The van der Waals surface area contributed by atoms with Crippen molar-refractivity contribution in [1.82, 2.24) is 0 Å². The SMILES string of the molecule is C=CCCCCCCCCCCC(C)C(C)CCCCC. The van der Waals surface area contributed by atoms with Crippen molar-refractivity contribution in [3.63, 3.8) is 0 Å². The van der Waals surface area contributed by atoms with Crippen LogP contribution in [0.3, 0.4) is 0 Å². The Hall–Kier alpha value is -0.260. The van der Waals surface area contributed by atoms with Crippen LogP contribution in [-0.2, 0) is 0 Å². The minimum atomic E-state index is 0.931. The molecule has 0 aliphatic rings. The van der Waals surface area contributed by atoms with Gasteiger partial charge in [-0.1, -0.05) is 104 Å². The summed E-state index contributed by atoms with van der Waals surface area (Å²) in [4.78, 5) is 0. The molecule has 0 radical (unpaired) electrons. The molecule has 0 bridgehead atoms. The highest BCUT2D eigenvalue weighted by atomic mass is 14.2. The molecule has 2 unspecified atom stereocenters. The van der Waals surface area contributed by atoms with Gasteiger partial charge in [-0.2, -0.15) is 0 Å². The van der Waals surface area contributed by atoms with Crippen LogP contribution in [0.25, 0.3) is 0 Å². The quantitative estimate of drug-likeness (QED) is 0.200. The molecule has 126 valence electrons. The third-order valence-electron chi connectivity index (χ3n) is 5.05. The molecule has 0 N–H and O–H groups in total. The summed E-state index contributed by atoms with van der Waals surface area (Å²) in [5, 5.41) is 0. The summed E-state index contributed by atoms with van der Waals surface area (Å²) in [6.07, 6.45) is 21.8. The van der Waals surface area contributed by atoms with Gasteiger partial charge in [-0.3, -0.25) is 0 Å². The zero-order chi connectivity index (χ0) is 15.8. The second kappa shape index (κ2) is 16.1. The Morgan fingerprint density at radius 3 is 1.57 bits per heavy atom. The fourth-order valence-electron chi connectivity index (χ4n) is 3.10. The highest BCUT2D eigenvalue weighted by molar-refractivity contribution is 4.65. The predicted molar refractivity (Wildman–Crippen MR) is 98.8 cm³/mol. The van der Waals surface area contributed by atoms with Gasteiger partial charge in [-0.05, 0) is 24.7 Å². The van der Waals surface area contributed by atoms with Gasteiger partial charge in [-0.25, -0.2) is 0 Å². The number of rotatable bonds is 16. The normalized spacial score (nSPS) is 14.0. The second-order valence-electron chi connectivity index (χ2n) is 7.14. The van der Waals surface area contributed by atoms with Crippen molar-refractivity contribution >= 4 is 0 Å². The average Bonchev–Trinajstić information content (AvgIpc) is 2.49. The van der Waals surface area contributed by atoms with Gasteiger partial charge in [0.25, 0.3) is 0 Å². The van der Waals surface area contributed by atoms with E-state index in [0.717, 1.165) is 11.8 Å². The van der Waals surface area contributed by atoms with E-state index in [9.17, 15) is 0 Å². The first-order chi connectivity index (χ1) is 10.2. The zero-order valence-corrected chi connectivity index (χ0v) is 15.3. The summed E-state index contributed by atoms with van der Waals surface area (Å²) >= 11 is 0. The summed E-state index contributed by atoms with van der Waals surface area (Å²) in [7, 11) is 0. The number of hydrogen-bond donors (Lipinski definition) is 0. The fourth-order valence-corrected chi connectivity index (χ4v) is 3.10. The van der Waals surface area contributed by atoms with Crippen molar-refractivity contribution in [2.75, 3.05) is 0 Å². The summed E-state index contributed by atoms with van der Waals surface area (Å²) in [6.45, 7) is 11.0. The summed E-state index contributed by atoms with van der Waals surface area (Å²) < 4.78 is 0. The topological polar surface area (TPSA) is 0 Å². The second-order valence-corrected chi connectivity index (χ2v) is 7.14. The van der Waals surface area contributed by atoms with Crippen LogP contribution < -0.4 is 0 Å². The lowest BCUT2D eigenvalue weighted by molar-refractivity contribution is 0.323. The predicted octanol–water partition coefficient (Wildman–Crippen LogP) is 7.93. The van der Waals surface area contributed by atoms with Crippen LogP contribution in [0.15, 0.2) is 12.7 Å². The van der Waals surface area contributed by atoms with Gasteiger partial charge >= 0.3 is 0 Å². The van der Waals surface area contributed by atoms with Crippen LogP contribution in [0.2, 0.25) is 0 Å². The van der Waals surface area contributed by atoms with Gasteiger partial charge in [-0.15, -0.1) is 6.58 Å². The minimum absolute atomic E-state index is 0.931. The van der Waals surface area contributed by atoms with E-state index in [1.165, 1.54) is 89.9 Å². The summed E-state index contributed by atoms with van der Waals surface area (Å²) in [6, 6.07) is 0. The molecule has 2 atom stereocenters. The van der Waals surface area contributed by atoms with Gasteiger partial charge in [0.1, 0.15) is 0 Å². The minimum Gasteiger partial charge on any atom is -0.103 e. The monoisotopic (exact) mass is 294 g/mol. The van der Waals surface area contributed by atoms with Gasteiger partial charge in [0, 0.05) is 0 Å². The average molecular weight is 295 g/mol. The van der Waals surface area contributed by atoms with E-state index in [2.05, 4.69) is 27.4 Å². The van der Waals surface area contributed by atoms with Crippen LogP contribution in [0.4, 0.5) is 0 Å². The Morgan fingerprint density at radius 1 is 0.667 bits per heavy atom. The van der Waals surface area contributed by atoms with E-state index in [4.69, 9.17) is 0 Å². The Kier molecular flexibility index (Phi) is 15.9. The van der Waals surface area contributed by atoms with Crippen molar-refractivity contribution in [3.8, 4) is 0 Å². The smallest absolute Gasteiger partial charge is 0.0353 e. The maximum Gasteiger partial charge on any atom is -0.0353 e. The Bertz CT molecular complexity index is 206. The molecule has 0 amide bonds. The van der Waals surface area contributed by atoms with Crippen molar-refractivity contribution in [2.24, 2.45) is 11.8 Å². The first-order valence-corrected chi connectivity index (χ1v) is 9.83. The van der Waals surface area contributed by atoms with Crippen LogP contribution in [0.5, 0.6) is 0 Å². The van der Waals surface area contributed by atoms with Crippen molar-refractivity contribution < 1.29 is 0 Å². The van der Waals surface area contributed by atoms with Gasteiger partial charge in [0.2, 0.25) is 0 Å². The number of hydrogen-bond acceptors (Lipinski definition) is 0. The van der Waals surface area contributed by atoms with E-state index < -0.39 is 0 Å². The molecular formula is C21H42. The number of allylic oxidation sites excluding steroid dienone is 1. The van der Waals surface area contributed by atoms with Crippen molar-refractivity contribution in [3.05, 3.63) is 12.7 Å². The van der Waals surface area contributed by atoms with E-state index in [0.29, 0.717) is 0 Å². The van der Waals surface area contributed by atoms with Gasteiger partial charge < -0.3 is 0 Å². The van der Waals surface area contributed by atoms with E-state index >= 15 is 0 Å².